The number of rotatable bonds is 4. The first-order valence-electron chi connectivity index (χ1n) is 6.12. The SMILES string of the molecule is Clc1ccc(Cc2cccc(NC3CC3)n2)cn1. The van der Waals surface area contributed by atoms with Gasteiger partial charge in [0.2, 0.25) is 0 Å². The number of pyridine rings is 2. The molecule has 0 aromatic carbocycles. The van der Waals surface area contributed by atoms with Gasteiger partial charge in [-0.3, -0.25) is 0 Å². The molecule has 92 valence electrons. The summed E-state index contributed by atoms with van der Waals surface area (Å²) in [6, 6.07) is 10.5. The minimum atomic E-state index is 0.524. The lowest BCUT2D eigenvalue weighted by atomic mass is 10.1. The number of nitrogens with one attached hydrogen (secondary N) is 1. The average molecular weight is 260 g/mol. The molecule has 0 radical (unpaired) electrons. The van der Waals surface area contributed by atoms with Gasteiger partial charge in [-0.05, 0) is 36.6 Å². The quantitative estimate of drug-likeness (QED) is 0.856. The maximum absolute atomic E-state index is 5.77. The molecule has 18 heavy (non-hydrogen) atoms. The molecule has 3 rings (SSSR count). The lowest BCUT2D eigenvalue weighted by Crippen LogP contribution is -2.04. The van der Waals surface area contributed by atoms with Crippen molar-refractivity contribution < 1.29 is 0 Å². The Morgan fingerprint density at radius 1 is 1.22 bits per heavy atom. The van der Waals surface area contributed by atoms with Crippen LogP contribution in [0.15, 0.2) is 36.5 Å². The maximum Gasteiger partial charge on any atom is 0.129 e. The summed E-state index contributed by atoms with van der Waals surface area (Å²) in [5.41, 5.74) is 2.17. The first-order valence-corrected chi connectivity index (χ1v) is 6.50. The second-order valence-electron chi connectivity index (χ2n) is 4.60. The van der Waals surface area contributed by atoms with Gasteiger partial charge in [-0.2, -0.15) is 0 Å². The van der Waals surface area contributed by atoms with Crippen LogP contribution < -0.4 is 5.32 Å². The highest BCUT2D eigenvalue weighted by Gasteiger charge is 2.21. The van der Waals surface area contributed by atoms with Crippen LogP contribution in [0.25, 0.3) is 0 Å². The summed E-state index contributed by atoms with van der Waals surface area (Å²) in [4.78, 5) is 8.68. The lowest BCUT2D eigenvalue weighted by Gasteiger charge is -2.06. The van der Waals surface area contributed by atoms with E-state index in [1.807, 2.05) is 30.3 Å². The van der Waals surface area contributed by atoms with Crippen molar-refractivity contribution in [3.05, 3.63) is 52.9 Å². The Kier molecular flexibility index (Phi) is 3.15. The van der Waals surface area contributed by atoms with Crippen molar-refractivity contribution in [1.82, 2.24) is 9.97 Å². The highest BCUT2D eigenvalue weighted by Crippen LogP contribution is 2.23. The average Bonchev–Trinajstić information content (AvgIpc) is 3.17. The normalized spacial score (nSPS) is 14.5. The van der Waals surface area contributed by atoms with Gasteiger partial charge >= 0.3 is 0 Å². The Bertz CT molecular complexity index is 535. The highest BCUT2D eigenvalue weighted by molar-refractivity contribution is 6.29. The molecule has 0 aliphatic heterocycles. The molecule has 0 spiro atoms. The Labute approximate surface area is 111 Å². The van der Waals surface area contributed by atoms with Gasteiger partial charge in [0.1, 0.15) is 11.0 Å². The predicted molar refractivity (Wildman–Crippen MR) is 72.9 cm³/mol. The van der Waals surface area contributed by atoms with Gasteiger partial charge in [-0.15, -0.1) is 0 Å². The number of hydrogen-bond donors (Lipinski definition) is 1. The Hall–Kier alpha value is -1.61. The van der Waals surface area contributed by atoms with Crippen LogP contribution in [0.5, 0.6) is 0 Å². The first kappa shape index (κ1) is 11.5. The van der Waals surface area contributed by atoms with Gasteiger partial charge in [-0.1, -0.05) is 23.7 Å². The molecule has 1 aliphatic rings. The van der Waals surface area contributed by atoms with Crippen LogP contribution in [0.1, 0.15) is 24.1 Å². The van der Waals surface area contributed by atoms with Gasteiger partial charge < -0.3 is 5.32 Å². The molecule has 2 aromatic rings. The van der Waals surface area contributed by atoms with Gasteiger partial charge in [0.05, 0.1) is 0 Å². The van der Waals surface area contributed by atoms with E-state index < -0.39 is 0 Å². The van der Waals surface area contributed by atoms with E-state index >= 15 is 0 Å². The van der Waals surface area contributed by atoms with Gasteiger partial charge in [-0.25, -0.2) is 9.97 Å². The molecule has 0 atom stereocenters. The lowest BCUT2D eigenvalue weighted by molar-refractivity contribution is 1.03. The molecule has 4 heteroatoms. The van der Waals surface area contributed by atoms with Crippen LogP contribution in [0.4, 0.5) is 5.82 Å². The Morgan fingerprint density at radius 2 is 2.11 bits per heavy atom. The maximum atomic E-state index is 5.77. The van der Waals surface area contributed by atoms with Crippen molar-refractivity contribution in [2.75, 3.05) is 5.32 Å². The summed E-state index contributed by atoms with van der Waals surface area (Å²) in [5, 5.41) is 3.93. The predicted octanol–water partition coefficient (Wildman–Crippen LogP) is 3.30. The summed E-state index contributed by atoms with van der Waals surface area (Å²) in [6.45, 7) is 0. The van der Waals surface area contributed by atoms with Crippen molar-refractivity contribution in [3.8, 4) is 0 Å². The number of nitrogens with zero attached hydrogens (tertiary/aromatic N) is 2. The second kappa shape index (κ2) is 4.94. The van der Waals surface area contributed by atoms with Crippen molar-refractivity contribution in [2.24, 2.45) is 0 Å². The third kappa shape index (κ3) is 2.99. The van der Waals surface area contributed by atoms with E-state index in [9.17, 15) is 0 Å². The molecule has 0 unspecified atom stereocenters. The zero-order valence-corrected chi connectivity index (χ0v) is 10.7. The third-order valence-electron chi connectivity index (χ3n) is 2.91. The number of halogens is 1. The molecular formula is C14H14ClN3. The fourth-order valence-corrected chi connectivity index (χ4v) is 1.93. The van der Waals surface area contributed by atoms with Crippen molar-refractivity contribution >= 4 is 17.4 Å². The Balaban J connectivity index is 1.73. The topological polar surface area (TPSA) is 37.8 Å². The molecule has 0 amide bonds. The minimum absolute atomic E-state index is 0.524. The van der Waals surface area contributed by atoms with Crippen LogP contribution in [0.3, 0.4) is 0 Å². The molecule has 1 saturated carbocycles. The van der Waals surface area contributed by atoms with Crippen molar-refractivity contribution in [2.45, 2.75) is 25.3 Å². The Morgan fingerprint density at radius 3 is 2.83 bits per heavy atom. The summed E-state index contributed by atoms with van der Waals surface area (Å²) < 4.78 is 0. The second-order valence-corrected chi connectivity index (χ2v) is 4.99. The van der Waals surface area contributed by atoms with Crippen LogP contribution in [-0.4, -0.2) is 16.0 Å². The number of aromatic nitrogens is 2. The summed E-state index contributed by atoms with van der Waals surface area (Å²) in [7, 11) is 0. The van der Waals surface area contributed by atoms with E-state index in [4.69, 9.17) is 11.6 Å². The zero-order chi connectivity index (χ0) is 12.4. The van der Waals surface area contributed by atoms with Crippen molar-refractivity contribution in [3.63, 3.8) is 0 Å². The van der Waals surface area contributed by atoms with E-state index in [0.29, 0.717) is 11.2 Å². The van der Waals surface area contributed by atoms with E-state index in [1.165, 1.54) is 12.8 Å². The first-order chi connectivity index (χ1) is 8.79. The molecule has 1 aliphatic carbocycles. The van der Waals surface area contributed by atoms with E-state index in [0.717, 1.165) is 23.5 Å². The summed E-state index contributed by atoms with van der Waals surface area (Å²) in [6.07, 6.45) is 5.09. The van der Waals surface area contributed by atoms with Gasteiger partial charge in [0, 0.05) is 24.4 Å². The van der Waals surface area contributed by atoms with Gasteiger partial charge in [0.25, 0.3) is 0 Å². The minimum Gasteiger partial charge on any atom is -0.367 e. The van der Waals surface area contributed by atoms with Crippen LogP contribution in [-0.2, 0) is 6.42 Å². The van der Waals surface area contributed by atoms with Crippen LogP contribution >= 0.6 is 11.6 Å². The standard InChI is InChI=1S/C14H14ClN3/c15-13-7-4-10(9-16-13)8-12-2-1-3-14(18-12)17-11-5-6-11/h1-4,7,9,11H,5-6,8H2,(H,17,18). The fourth-order valence-electron chi connectivity index (χ4n) is 1.82. The smallest absolute Gasteiger partial charge is 0.129 e. The molecule has 1 fully saturated rings. The zero-order valence-electron chi connectivity index (χ0n) is 9.94. The van der Waals surface area contributed by atoms with E-state index in [-0.39, 0.29) is 0 Å². The molecular weight excluding hydrogens is 246 g/mol. The van der Waals surface area contributed by atoms with Crippen LogP contribution in [0.2, 0.25) is 5.15 Å². The molecule has 3 nitrogen and oxygen atoms in total. The number of anilines is 1. The summed E-state index contributed by atoms with van der Waals surface area (Å²) in [5.74, 6) is 0.969. The highest BCUT2D eigenvalue weighted by atomic mass is 35.5. The fraction of sp³-hybridized carbons (Fsp3) is 0.286. The molecule has 0 bridgehead atoms. The van der Waals surface area contributed by atoms with E-state index in [1.54, 1.807) is 6.20 Å². The van der Waals surface area contributed by atoms with Crippen molar-refractivity contribution in [1.29, 1.82) is 0 Å². The molecule has 2 heterocycles. The molecule has 2 aromatic heterocycles. The van der Waals surface area contributed by atoms with E-state index in [2.05, 4.69) is 15.3 Å². The van der Waals surface area contributed by atoms with Gasteiger partial charge in [0.15, 0.2) is 0 Å². The monoisotopic (exact) mass is 259 g/mol. The largest absolute Gasteiger partial charge is 0.367 e. The molecule has 1 N–H and O–H groups in total. The summed E-state index contributed by atoms with van der Waals surface area (Å²) >= 11 is 5.77. The number of hydrogen-bond acceptors (Lipinski definition) is 3. The van der Waals surface area contributed by atoms with Crippen LogP contribution in [0, 0.1) is 0 Å². The molecule has 0 saturated heterocycles. The third-order valence-corrected chi connectivity index (χ3v) is 3.13.